The van der Waals surface area contributed by atoms with Crippen LogP contribution in [-0.4, -0.2) is 58.2 Å². The summed E-state index contributed by atoms with van der Waals surface area (Å²) in [5.41, 5.74) is 2.07. The van der Waals surface area contributed by atoms with Crippen LogP contribution in [0.5, 0.6) is 0 Å². The maximum atomic E-state index is 10.5. The van der Waals surface area contributed by atoms with E-state index in [2.05, 4.69) is 4.90 Å². The van der Waals surface area contributed by atoms with Gasteiger partial charge in [0.2, 0.25) is 0 Å². The van der Waals surface area contributed by atoms with Crippen molar-refractivity contribution >= 4 is 0 Å². The van der Waals surface area contributed by atoms with E-state index in [-0.39, 0.29) is 24.6 Å². The fraction of sp³-hybridized carbons (Fsp3) is 0.455. The third-order valence-electron chi connectivity index (χ3n) is 5.55. The fourth-order valence-electron chi connectivity index (χ4n) is 3.92. The molecule has 0 aliphatic carbocycles. The molecule has 5 heteroatoms. The highest BCUT2D eigenvalue weighted by molar-refractivity contribution is 5.20. The number of benzene rings is 2. The van der Waals surface area contributed by atoms with Crippen molar-refractivity contribution in [3.63, 3.8) is 0 Å². The Hall–Kier alpha value is -1.76. The molecule has 0 unspecified atom stereocenters. The van der Waals surface area contributed by atoms with E-state index < -0.39 is 12.2 Å². The van der Waals surface area contributed by atoms with Crippen molar-refractivity contribution in [2.75, 3.05) is 19.8 Å². The number of hydrogen-bond acceptors (Lipinski definition) is 5. The summed E-state index contributed by atoms with van der Waals surface area (Å²) in [7, 11) is 0. The summed E-state index contributed by atoms with van der Waals surface area (Å²) in [5.74, 6) is -0.241. The van der Waals surface area contributed by atoms with E-state index in [1.54, 1.807) is 0 Å². The first-order chi connectivity index (χ1) is 13.1. The van der Waals surface area contributed by atoms with Crippen LogP contribution in [0.1, 0.15) is 24.1 Å². The normalized spacial score (nSPS) is 27.4. The number of likely N-dealkylation sites (tertiary alicyclic amines) is 1. The summed E-state index contributed by atoms with van der Waals surface area (Å²) >= 11 is 0. The molecule has 1 aliphatic rings. The number of nitrogens with zero attached hydrogens (tertiary/aromatic N) is 1. The summed E-state index contributed by atoms with van der Waals surface area (Å²) in [6, 6.07) is 19.4. The topological polar surface area (TPSA) is 73.2 Å². The van der Waals surface area contributed by atoms with E-state index in [0.717, 1.165) is 11.1 Å². The summed E-state index contributed by atoms with van der Waals surface area (Å²) in [4.78, 5) is 2.07. The first-order valence-electron chi connectivity index (χ1n) is 9.51. The molecule has 3 N–H and O–H groups in total. The second-order valence-corrected chi connectivity index (χ2v) is 7.27. The average molecular weight is 371 g/mol. The molecule has 27 heavy (non-hydrogen) atoms. The van der Waals surface area contributed by atoms with Gasteiger partial charge in [0.05, 0.1) is 38.1 Å². The number of aliphatic hydroxyl groups excluding tert-OH is 3. The smallest absolute Gasteiger partial charge is 0.0930 e. The Balaban J connectivity index is 1.69. The molecule has 2 aromatic rings. The van der Waals surface area contributed by atoms with Crippen LogP contribution in [0.3, 0.4) is 0 Å². The molecule has 0 saturated carbocycles. The predicted octanol–water partition coefficient (Wildman–Crippen LogP) is 1.98. The SMILES string of the molecule is C[C@@H]1[C@H](COCc2ccccc2)[C@H](O)[C@H](O)CN1[C@@H](CO)c1ccccc1. The minimum atomic E-state index is -0.871. The lowest BCUT2D eigenvalue weighted by atomic mass is 9.84. The molecule has 0 amide bonds. The second kappa shape index (κ2) is 9.44. The average Bonchev–Trinajstić information content (AvgIpc) is 2.70. The largest absolute Gasteiger partial charge is 0.394 e. The molecule has 0 spiro atoms. The molecule has 1 fully saturated rings. The van der Waals surface area contributed by atoms with Gasteiger partial charge >= 0.3 is 0 Å². The minimum absolute atomic E-state index is 0.0449. The summed E-state index contributed by atoms with van der Waals surface area (Å²) in [6.45, 7) is 3.11. The number of aliphatic hydroxyl groups is 3. The molecule has 1 aliphatic heterocycles. The number of β-amino-alcohol motifs (C(OH)–C–C–N with tert-alkyl or cyclic N) is 1. The van der Waals surface area contributed by atoms with E-state index >= 15 is 0 Å². The number of ether oxygens (including phenoxy) is 1. The van der Waals surface area contributed by atoms with Gasteiger partial charge in [0, 0.05) is 18.5 Å². The van der Waals surface area contributed by atoms with Gasteiger partial charge in [0.1, 0.15) is 0 Å². The van der Waals surface area contributed by atoms with Gasteiger partial charge in [-0.15, -0.1) is 0 Å². The van der Waals surface area contributed by atoms with Gasteiger partial charge in [-0.3, -0.25) is 4.90 Å². The molecule has 1 heterocycles. The monoisotopic (exact) mass is 371 g/mol. The van der Waals surface area contributed by atoms with Crippen molar-refractivity contribution in [3.8, 4) is 0 Å². The van der Waals surface area contributed by atoms with Gasteiger partial charge < -0.3 is 20.1 Å². The third kappa shape index (κ3) is 4.75. The van der Waals surface area contributed by atoms with Crippen molar-refractivity contribution in [1.82, 2.24) is 4.90 Å². The standard InChI is InChI=1S/C22H29NO4/c1-16-19(15-27-14-17-8-4-2-5-9-17)22(26)21(25)12-23(16)20(13-24)18-10-6-3-7-11-18/h2-11,16,19-22,24-26H,12-15H2,1H3/t16-,19+,20+,21-,22+/m1/s1. The molecular formula is C22H29NO4. The maximum Gasteiger partial charge on any atom is 0.0930 e. The highest BCUT2D eigenvalue weighted by Crippen LogP contribution is 2.32. The van der Waals surface area contributed by atoms with Crippen molar-refractivity contribution in [3.05, 3.63) is 71.8 Å². The van der Waals surface area contributed by atoms with E-state index in [1.807, 2.05) is 67.6 Å². The van der Waals surface area contributed by atoms with Crippen LogP contribution in [0.2, 0.25) is 0 Å². The van der Waals surface area contributed by atoms with Gasteiger partial charge in [0.15, 0.2) is 0 Å². The second-order valence-electron chi connectivity index (χ2n) is 7.27. The Bertz CT molecular complexity index is 681. The van der Waals surface area contributed by atoms with Crippen LogP contribution in [0, 0.1) is 5.92 Å². The molecule has 3 rings (SSSR count). The number of hydrogen-bond donors (Lipinski definition) is 3. The molecule has 0 radical (unpaired) electrons. The van der Waals surface area contributed by atoms with Gasteiger partial charge in [-0.05, 0) is 18.1 Å². The molecular weight excluding hydrogens is 342 g/mol. The molecule has 1 saturated heterocycles. The summed E-state index contributed by atoms with van der Waals surface area (Å²) in [6.07, 6.45) is -1.72. The highest BCUT2D eigenvalue weighted by atomic mass is 16.5. The van der Waals surface area contributed by atoms with Gasteiger partial charge in [-0.25, -0.2) is 0 Å². The maximum absolute atomic E-state index is 10.5. The fourth-order valence-corrected chi connectivity index (χ4v) is 3.92. The Morgan fingerprint density at radius 2 is 1.67 bits per heavy atom. The molecule has 0 aromatic heterocycles. The van der Waals surface area contributed by atoms with Crippen LogP contribution in [0.25, 0.3) is 0 Å². The van der Waals surface area contributed by atoms with Crippen molar-refractivity contribution in [1.29, 1.82) is 0 Å². The first kappa shape index (κ1) is 20.0. The molecule has 146 valence electrons. The van der Waals surface area contributed by atoms with Gasteiger partial charge in [0.25, 0.3) is 0 Å². The lowest BCUT2D eigenvalue weighted by molar-refractivity contribution is -0.132. The van der Waals surface area contributed by atoms with E-state index in [4.69, 9.17) is 4.74 Å². The van der Waals surface area contributed by atoms with E-state index in [1.165, 1.54) is 0 Å². The van der Waals surface area contributed by atoms with Crippen LogP contribution in [-0.2, 0) is 11.3 Å². The zero-order chi connectivity index (χ0) is 19.2. The highest BCUT2D eigenvalue weighted by Gasteiger charge is 2.42. The lowest BCUT2D eigenvalue weighted by Gasteiger charge is -2.47. The van der Waals surface area contributed by atoms with Crippen LogP contribution < -0.4 is 0 Å². The van der Waals surface area contributed by atoms with Gasteiger partial charge in [-0.1, -0.05) is 60.7 Å². The Morgan fingerprint density at radius 3 is 2.30 bits per heavy atom. The van der Waals surface area contributed by atoms with Crippen LogP contribution in [0.4, 0.5) is 0 Å². The minimum Gasteiger partial charge on any atom is -0.394 e. The molecule has 5 nitrogen and oxygen atoms in total. The Kier molecular flexibility index (Phi) is 6.99. The van der Waals surface area contributed by atoms with E-state index in [0.29, 0.717) is 19.8 Å². The van der Waals surface area contributed by atoms with Crippen molar-refractivity contribution < 1.29 is 20.1 Å². The number of piperidine rings is 1. The Labute approximate surface area is 160 Å². The van der Waals surface area contributed by atoms with Crippen molar-refractivity contribution in [2.24, 2.45) is 5.92 Å². The van der Waals surface area contributed by atoms with E-state index in [9.17, 15) is 15.3 Å². The summed E-state index contributed by atoms with van der Waals surface area (Å²) < 4.78 is 5.86. The molecule has 5 atom stereocenters. The van der Waals surface area contributed by atoms with Crippen LogP contribution in [0.15, 0.2) is 60.7 Å². The quantitative estimate of drug-likeness (QED) is 0.694. The predicted molar refractivity (Wildman–Crippen MR) is 104 cm³/mol. The number of rotatable bonds is 7. The van der Waals surface area contributed by atoms with Gasteiger partial charge in [-0.2, -0.15) is 0 Å². The van der Waals surface area contributed by atoms with Crippen LogP contribution >= 0.6 is 0 Å². The summed E-state index contributed by atoms with van der Waals surface area (Å²) in [5, 5.41) is 30.9. The molecule has 0 bridgehead atoms. The zero-order valence-corrected chi connectivity index (χ0v) is 15.7. The van der Waals surface area contributed by atoms with Crippen molar-refractivity contribution in [2.45, 2.75) is 37.8 Å². The lowest BCUT2D eigenvalue weighted by Crippen LogP contribution is -2.59. The molecule has 2 aromatic carbocycles. The zero-order valence-electron chi connectivity index (χ0n) is 15.7. The Morgan fingerprint density at radius 1 is 1.04 bits per heavy atom. The first-order valence-corrected chi connectivity index (χ1v) is 9.51. The third-order valence-corrected chi connectivity index (χ3v) is 5.55.